The molecule has 1 fully saturated rings. The van der Waals surface area contributed by atoms with Gasteiger partial charge in [-0.2, -0.15) is 0 Å². The van der Waals surface area contributed by atoms with Crippen molar-refractivity contribution in [2.45, 2.75) is 56.1 Å². The molecule has 0 saturated carbocycles. The predicted molar refractivity (Wildman–Crippen MR) is 147 cm³/mol. The molecule has 4 aromatic rings. The zero-order valence-corrected chi connectivity index (χ0v) is 23.1. The van der Waals surface area contributed by atoms with Gasteiger partial charge >= 0.3 is 12.5 Å². The lowest BCUT2D eigenvalue weighted by Gasteiger charge is -2.39. The van der Waals surface area contributed by atoms with Gasteiger partial charge in [0.05, 0.1) is 10.9 Å². The van der Waals surface area contributed by atoms with E-state index in [9.17, 15) is 22.2 Å². The van der Waals surface area contributed by atoms with Crippen LogP contribution in [-0.4, -0.2) is 50.9 Å². The highest BCUT2D eigenvalue weighted by Crippen LogP contribution is 2.35. The second-order valence-electron chi connectivity index (χ2n) is 10.8. The van der Waals surface area contributed by atoms with E-state index in [0.29, 0.717) is 13.0 Å². The van der Waals surface area contributed by atoms with Crippen molar-refractivity contribution in [2.75, 3.05) is 13.1 Å². The maximum atomic E-state index is 13.2. The van der Waals surface area contributed by atoms with E-state index in [2.05, 4.69) is 26.2 Å². The van der Waals surface area contributed by atoms with Gasteiger partial charge in [0.1, 0.15) is 22.3 Å². The average molecular weight is 574 g/mol. The Morgan fingerprint density at radius 1 is 0.900 bits per heavy atom. The van der Waals surface area contributed by atoms with Crippen LogP contribution in [0.2, 0.25) is 0 Å². The Kier molecular flexibility index (Phi) is 7.54. The third kappa shape index (κ3) is 6.26. The number of hydrogen-bond acceptors (Lipinski definition) is 4. The summed E-state index contributed by atoms with van der Waals surface area (Å²) in [5.74, 6) is -0.395. The molecule has 1 saturated heterocycles. The molecule has 5 rings (SSSR count). The van der Waals surface area contributed by atoms with E-state index >= 15 is 0 Å². The quantitative estimate of drug-likeness (QED) is 0.294. The third-order valence-corrected chi connectivity index (χ3v) is 7.86. The standard InChI is InChI=1S/C29H30F3N3O4S/c1-28(2,3)39-27(36)34-17-19(33-40(37)22-14-12-21(13-15-22)38-29(30,31)32)16-20(18-34)35-25-10-6-4-8-23(25)24-9-5-7-11-26(24)35/h4-15,19-20,33H,16-18H2,1-3H3/t19-,20?,40?/m1/s1. The summed E-state index contributed by atoms with van der Waals surface area (Å²) in [6.07, 6.45) is -4.72. The van der Waals surface area contributed by atoms with Crippen LogP contribution in [0.25, 0.3) is 21.8 Å². The van der Waals surface area contributed by atoms with Crippen molar-refractivity contribution in [1.29, 1.82) is 0 Å². The van der Waals surface area contributed by atoms with E-state index in [0.717, 1.165) is 33.9 Å². The van der Waals surface area contributed by atoms with Crippen LogP contribution < -0.4 is 9.46 Å². The number of nitrogens with zero attached hydrogens (tertiary/aromatic N) is 2. The van der Waals surface area contributed by atoms with Crippen molar-refractivity contribution >= 4 is 38.9 Å². The van der Waals surface area contributed by atoms with Gasteiger partial charge < -0.3 is 18.9 Å². The molecule has 3 aromatic carbocycles. The van der Waals surface area contributed by atoms with Crippen LogP contribution in [-0.2, 0) is 15.7 Å². The number of halogens is 3. The number of aromatic nitrogens is 1. The van der Waals surface area contributed by atoms with Crippen molar-refractivity contribution < 1.29 is 31.6 Å². The normalized spacial score (nSPS) is 19.1. The number of fused-ring (bicyclic) bond motifs is 3. The summed E-state index contributed by atoms with van der Waals surface area (Å²) in [5.41, 5.74) is 1.36. The highest BCUT2D eigenvalue weighted by molar-refractivity contribution is 7.83. The Morgan fingerprint density at radius 3 is 2.02 bits per heavy atom. The van der Waals surface area contributed by atoms with Gasteiger partial charge in [0.25, 0.3) is 0 Å². The minimum atomic E-state index is -4.81. The first-order valence-corrected chi connectivity index (χ1v) is 14.0. The number of nitrogens with one attached hydrogen (secondary N) is 1. The van der Waals surface area contributed by atoms with Crippen LogP contribution in [0.15, 0.2) is 77.7 Å². The zero-order chi connectivity index (χ0) is 28.7. The number of carbonyl (C=O) groups excluding carboxylic acids is 1. The molecule has 0 bridgehead atoms. The molecule has 7 nitrogen and oxygen atoms in total. The van der Waals surface area contributed by atoms with Gasteiger partial charge in [-0.3, -0.25) is 0 Å². The van der Waals surface area contributed by atoms with Gasteiger partial charge in [0, 0.05) is 40.9 Å². The summed E-state index contributed by atoms with van der Waals surface area (Å²) in [6, 6.07) is 20.5. The number of amides is 1. The first-order valence-electron chi connectivity index (χ1n) is 12.9. The molecule has 3 atom stereocenters. The van der Waals surface area contributed by atoms with Gasteiger partial charge in [-0.05, 0) is 63.6 Å². The number of rotatable bonds is 5. The Bertz CT molecular complexity index is 1490. The molecule has 0 aliphatic carbocycles. The molecule has 1 N–H and O–H groups in total. The summed E-state index contributed by atoms with van der Waals surface area (Å²) in [5, 5.41) is 2.20. The van der Waals surface area contributed by atoms with Crippen molar-refractivity contribution in [1.82, 2.24) is 14.2 Å². The molecule has 1 aliphatic rings. The molecule has 0 radical (unpaired) electrons. The molecule has 1 aromatic heterocycles. The fourth-order valence-electron chi connectivity index (χ4n) is 5.15. The Morgan fingerprint density at radius 2 is 1.48 bits per heavy atom. The summed E-state index contributed by atoms with van der Waals surface area (Å²) >= 11 is 0. The lowest BCUT2D eigenvalue weighted by molar-refractivity contribution is -0.274. The third-order valence-electron chi connectivity index (χ3n) is 6.61. The first-order chi connectivity index (χ1) is 18.9. The monoisotopic (exact) mass is 573 g/mol. The maximum absolute atomic E-state index is 13.2. The summed E-state index contributed by atoms with van der Waals surface area (Å²) in [4.78, 5) is 15.1. The number of hydrogen-bond donors (Lipinski definition) is 1. The minimum absolute atomic E-state index is 0.164. The summed E-state index contributed by atoms with van der Waals surface area (Å²) < 4.78 is 65.7. The molecule has 2 heterocycles. The average Bonchev–Trinajstić information content (AvgIpc) is 3.21. The van der Waals surface area contributed by atoms with Crippen LogP contribution in [0.1, 0.15) is 33.2 Å². The summed E-state index contributed by atoms with van der Waals surface area (Å²) in [6.45, 7) is 6.05. The second kappa shape index (κ2) is 10.8. The highest BCUT2D eigenvalue weighted by Gasteiger charge is 2.35. The fraction of sp³-hybridized carbons (Fsp3) is 0.345. The van der Waals surface area contributed by atoms with Crippen molar-refractivity contribution in [3.8, 4) is 5.75 Å². The van der Waals surface area contributed by atoms with Crippen molar-refractivity contribution in [3.05, 3.63) is 72.8 Å². The molecule has 1 amide bonds. The molecule has 11 heteroatoms. The SMILES string of the molecule is CC(C)(C)OC(=O)N1CC(n2c3ccccc3c3ccccc32)C[C@@H](NS(=O)c2ccc(OC(F)(F)F)cc2)C1. The molecule has 40 heavy (non-hydrogen) atoms. The Labute approximate surface area is 232 Å². The predicted octanol–water partition coefficient (Wildman–Crippen LogP) is 6.56. The van der Waals surface area contributed by atoms with E-state index < -0.39 is 40.8 Å². The maximum Gasteiger partial charge on any atom is 0.573 e. The number of likely N-dealkylation sites (tertiary alicyclic amines) is 1. The highest BCUT2D eigenvalue weighted by atomic mass is 32.2. The van der Waals surface area contributed by atoms with Crippen LogP contribution in [0.4, 0.5) is 18.0 Å². The molecule has 1 aliphatic heterocycles. The number of benzene rings is 3. The number of piperidine rings is 1. The van der Waals surface area contributed by atoms with Crippen molar-refractivity contribution in [2.24, 2.45) is 0 Å². The van der Waals surface area contributed by atoms with E-state index in [-0.39, 0.29) is 17.5 Å². The molecule has 212 valence electrons. The molecule has 2 unspecified atom stereocenters. The van der Waals surface area contributed by atoms with Gasteiger partial charge in [0.15, 0.2) is 0 Å². The molecular formula is C29H30F3N3O4S. The fourth-order valence-corrected chi connectivity index (χ4v) is 6.14. The number of para-hydroxylation sites is 2. The van der Waals surface area contributed by atoms with Gasteiger partial charge in [-0.1, -0.05) is 36.4 Å². The topological polar surface area (TPSA) is 72.8 Å². The van der Waals surface area contributed by atoms with Gasteiger partial charge in [-0.15, -0.1) is 13.2 Å². The van der Waals surface area contributed by atoms with Crippen LogP contribution >= 0.6 is 0 Å². The van der Waals surface area contributed by atoms with Crippen LogP contribution in [0, 0.1) is 0 Å². The first kappa shape index (κ1) is 28.0. The minimum Gasteiger partial charge on any atom is -0.444 e. The number of alkyl halides is 3. The van der Waals surface area contributed by atoms with E-state index in [1.165, 1.54) is 12.1 Å². The van der Waals surface area contributed by atoms with Gasteiger partial charge in [0.2, 0.25) is 0 Å². The zero-order valence-electron chi connectivity index (χ0n) is 22.3. The second-order valence-corrected chi connectivity index (χ2v) is 12.0. The van der Waals surface area contributed by atoms with Crippen LogP contribution in [0.3, 0.4) is 0 Å². The van der Waals surface area contributed by atoms with Crippen molar-refractivity contribution in [3.63, 3.8) is 0 Å². The Balaban J connectivity index is 1.45. The van der Waals surface area contributed by atoms with E-state index in [1.807, 2.05) is 36.4 Å². The molecular weight excluding hydrogens is 543 g/mol. The number of ether oxygens (including phenoxy) is 2. The number of carbonyl (C=O) groups is 1. The molecule has 0 spiro atoms. The smallest absolute Gasteiger partial charge is 0.444 e. The lowest BCUT2D eigenvalue weighted by atomic mass is 10.0. The Hall–Kier alpha value is -3.57. The largest absolute Gasteiger partial charge is 0.573 e. The van der Waals surface area contributed by atoms with E-state index in [4.69, 9.17) is 4.74 Å². The van der Waals surface area contributed by atoms with Crippen LogP contribution in [0.5, 0.6) is 5.75 Å². The van der Waals surface area contributed by atoms with E-state index in [1.54, 1.807) is 25.7 Å². The summed E-state index contributed by atoms with van der Waals surface area (Å²) in [7, 11) is -1.75. The lowest BCUT2D eigenvalue weighted by Crippen LogP contribution is -2.52. The van der Waals surface area contributed by atoms with Gasteiger partial charge in [-0.25, -0.2) is 13.7 Å².